The van der Waals surface area contributed by atoms with E-state index >= 15 is 0 Å². The van der Waals surface area contributed by atoms with Gasteiger partial charge in [-0.1, -0.05) is 6.92 Å². The van der Waals surface area contributed by atoms with Gasteiger partial charge in [0, 0.05) is 12.5 Å². The first-order chi connectivity index (χ1) is 9.85. The molecule has 1 rings (SSSR count). The predicted octanol–water partition coefficient (Wildman–Crippen LogP) is 2.37. The van der Waals surface area contributed by atoms with Crippen LogP contribution in [0.15, 0.2) is 12.1 Å². The smallest absolute Gasteiger partial charge is 0.337 e. The van der Waals surface area contributed by atoms with E-state index < -0.39 is 29.1 Å². The lowest BCUT2D eigenvalue weighted by molar-refractivity contribution is -0.116. The number of carboxylic acid groups (broad SMARTS) is 1. The Labute approximate surface area is 121 Å². The Morgan fingerprint density at radius 3 is 2.48 bits per heavy atom. The molecule has 1 aromatic rings. The number of halogens is 2. The second kappa shape index (κ2) is 7.68. The summed E-state index contributed by atoms with van der Waals surface area (Å²) < 4.78 is 26.2. The molecule has 21 heavy (non-hydrogen) atoms. The molecule has 5 nitrogen and oxygen atoms in total. The summed E-state index contributed by atoms with van der Waals surface area (Å²) in [5.74, 6) is -4.13. The van der Waals surface area contributed by atoms with Crippen LogP contribution >= 0.6 is 0 Å². The highest BCUT2D eigenvalue weighted by Crippen LogP contribution is 2.21. The maximum Gasteiger partial charge on any atom is 0.337 e. The zero-order valence-corrected chi connectivity index (χ0v) is 11.7. The fraction of sp³-hybridized carbons (Fsp3) is 0.429. The SMILES string of the molecule is CC(CCN)CCC(=O)Nc1cc(F)c(F)cc1C(=O)O. The van der Waals surface area contributed by atoms with Crippen LogP contribution in [0.5, 0.6) is 0 Å². The van der Waals surface area contributed by atoms with Gasteiger partial charge in [-0.3, -0.25) is 4.79 Å². The van der Waals surface area contributed by atoms with Gasteiger partial charge in [-0.15, -0.1) is 0 Å². The topological polar surface area (TPSA) is 92.4 Å². The Morgan fingerprint density at radius 2 is 1.90 bits per heavy atom. The van der Waals surface area contributed by atoms with Gasteiger partial charge in [-0.2, -0.15) is 0 Å². The summed E-state index contributed by atoms with van der Waals surface area (Å²) in [5, 5.41) is 11.2. The molecule has 0 fully saturated rings. The standard InChI is InChI=1S/C14H18F2N2O3/c1-8(4-5-17)2-3-13(19)18-12-7-11(16)10(15)6-9(12)14(20)21/h6-8H,2-5,17H2,1H3,(H,18,19)(H,20,21). The maximum absolute atomic E-state index is 13.2. The van der Waals surface area contributed by atoms with Crippen LogP contribution in [0.25, 0.3) is 0 Å². The van der Waals surface area contributed by atoms with E-state index in [0.717, 1.165) is 6.42 Å². The molecule has 1 aromatic carbocycles. The van der Waals surface area contributed by atoms with Gasteiger partial charge >= 0.3 is 5.97 Å². The minimum absolute atomic E-state index is 0.152. The quantitative estimate of drug-likeness (QED) is 0.720. The molecule has 0 saturated heterocycles. The highest BCUT2D eigenvalue weighted by Gasteiger charge is 2.17. The maximum atomic E-state index is 13.2. The summed E-state index contributed by atoms with van der Waals surface area (Å²) in [6.07, 6.45) is 1.51. The summed E-state index contributed by atoms with van der Waals surface area (Å²) in [4.78, 5) is 22.7. The van der Waals surface area contributed by atoms with E-state index in [-0.39, 0.29) is 18.0 Å². The molecule has 1 atom stereocenters. The van der Waals surface area contributed by atoms with Crippen LogP contribution in [0, 0.1) is 17.6 Å². The van der Waals surface area contributed by atoms with Crippen molar-refractivity contribution < 1.29 is 23.5 Å². The Bertz CT molecular complexity index is 535. The first-order valence-corrected chi connectivity index (χ1v) is 6.57. The third kappa shape index (κ3) is 5.11. The monoisotopic (exact) mass is 300 g/mol. The number of anilines is 1. The number of benzene rings is 1. The largest absolute Gasteiger partial charge is 0.478 e. The number of amides is 1. The number of nitrogens with two attached hydrogens (primary N) is 1. The summed E-state index contributed by atoms with van der Waals surface area (Å²) in [6, 6.07) is 1.21. The number of rotatable bonds is 7. The van der Waals surface area contributed by atoms with Gasteiger partial charge < -0.3 is 16.2 Å². The number of hydrogen-bond donors (Lipinski definition) is 3. The second-order valence-electron chi connectivity index (χ2n) is 4.89. The number of hydrogen-bond acceptors (Lipinski definition) is 3. The molecule has 0 radical (unpaired) electrons. The van der Waals surface area contributed by atoms with Crippen molar-refractivity contribution in [2.75, 3.05) is 11.9 Å². The van der Waals surface area contributed by atoms with Crippen molar-refractivity contribution in [3.63, 3.8) is 0 Å². The van der Waals surface area contributed by atoms with E-state index in [0.29, 0.717) is 25.1 Å². The Kier molecular flexibility index (Phi) is 6.23. The van der Waals surface area contributed by atoms with Crippen LogP contribution in [-0.2, 0) is 4.79 Å². The number of aromatic carboxylic acids is 1. The van der Waals surface area contributed by atoms with E-state index in [1.54, 1.807) is 0 Å². The molecule has 0 heterocycles. The van der Waals surface area contributed by atoms with Crippen molar-refractivity contribution in [2.24, 2.45) is 11.7 Å². The van der Waals surface area contributed by atoms with Crippen LogP contribution in [0.3, 0.4) is 0 Å². The van der Waals surface area contributed by atoms with E-state index in [9.17, 15) is 18.4 Å². The second-order valence-corrected chi connectivity index (χ2v) is 4.89. The molecule has 1 unspecified atom stereocenters. The molecule has 0 aliphatic heterocycles. The zero-order valence-electron chi connectivity index (χ0n) is 11.7. The predicted molar refractivity (Wildman–Crippen MR) is 74.0 cm³/mol. The molecule has 7 heteroatoms. The number of carboxylic acids is 1. The number of carbonyl (C=O) groups is 2. The first kappa shape index (κ1) is 17.0. The van der Waals surface area contributed by atoms with Gasteiger partial charge in [0.25, 0.3) is 0 Å². The molecule has 0 bridgehead atoms. The van der Waals surface area contributed by atoms with Crippen LogP contribution in [-0.4, -0.2) is 23.5 Å². The van der Waals surface area contributed by atoms with E-state index in [2.05, 4.69) is 5.32 Å². The molecule has 0 aromatic heterocycles. The van der Waals surface area contributed by atoms with Crippen LogP contribution in [0.4, 0.5) is 14.5 Å². The van der Waals surface area contributed by atoms with Gasteiger partial charge in [0.1, 0.15) is 0 Å². The lowest BCUT2D eigenvalue weighted by Crippen LogP contribution is -2.16. The molecule has 116 valence electrons. The Morgan fingerprint density at radius 1 is 1.29 bits per heavy atom. The zero-order chi connectivity index (χ0) is 16.0. The third-order valence-corrected chi connectivity index (χ3v) is 3.09. The molecule has 4 N–H and O–H groups in total. The molecular weight excluding hydrogens is 282 g/mol. The summed E-state index contributed by atoms with van der Waals surface area (Å²) in [5.41, 5.74) is 4.66. The fourth-order valence-electron chi connectivity index (χ4n) is 1.85. The fourth-order valence-corrected chi connectivity index (χ4v) is 1.85. The summed E-state index contributed by atoms with van der Waals surface area (Å²) in [7, 11) is 0. The molecule has 1 amide bonds. The van der Waals surface area contributed by atoms with Gasteiger partial charge in [0.05, 0.1) is 11.3 Å². The molecule has 0 aliphatic carbocycles. The highest BCUT2D eigenvalue weighted by atomic mass is 19.2. The lowest BCUT2D eigenvalue weighted by atomic mass is 10.0. The lowest BCUT2D eigenvalue weighted by Gasteiger charge is -2.11. The molecule has 0 saturated carbocycles. The van der Waals surface area contributed by atoms with Crippen molar-refractivity contribution in [1.29, 1.82) is 0 Å². The van der Waals surface area contributed by atoms with E-state index in [1.807, 2.05) is 6.92 Å². The van der Waals surface area contributed by atoms with Crippen LogP contribution in [0.1, 0.15) is 36.5 Å². The van der Waals surface area contributed by atoms with Crippen LogP contribution in [0.2, 0.25) is 0 Å². The Hall–Kier alpha value is -2.02. The minimum Gasteiger partial charge on any atom is -0.478 e. The summed E-state index contributed by atoms with van der Waals surface area (Å²) in [6.45, 7) is 2.47. The molecule has 0 aliphatic rings. The Balaban J connectivity index is 2.76. The van der Waals surface area contributed by atoms with Gasteiger partial charge in [0.15, 0.2) is 11.6 Å². The van der Waals surface area contributed by atoms with Crippen molar-refractivity contribution in [2.45, 2.75) is 26.2 Å². The molecule has 0 spiro atoms. The minimum atomic E-state index is -1.44. The average molecular weight is 300 g/mol. The number of nitrogens with one attached hydrogen (secondary N) is 1. The van der Waals surface area contributed by atoms with Gasteiger partial charge in [-0.25, -0.2) is 13.6 Å². The first-order valence-electron chi connectivity index (χ1n) is 6.57. The van der Waals surface area contributed by atoms with Crippen molar-refractivity contribution in [1.82, 2.24) is 0 Å². The van der Waals surface area contributed by atoms with Crippen molar-refractivity contribution in [3.05, 3.63) is 29.3 Å². The third-order valence-electron chi connectivity index (χ3n) is 3.09. The highest BCUT2D eigenvalue weighted by molar-refractivity contribution is 6.00. The van der Waals surface area contributed by atoms with Crippen LogP contribution < -0.4 is 11.1 Å². The number of carbonyl (C=O) groups excluding carboxylic acids is 1. The van der Waals surface area contributed by atoms with Crippen molar-refractivity contribution >= 4 is 17.6 Å². The summed E-state index contributed by atoms with van der Waals surface area (Å²) >= 11 is 0. The van der Waals surface area contributed by atoms with Gasteiger partial charge in [-0.05, 0) is 31.4 Å². The normalized spacial score (nSPS) is 12.0. The van der Waals surface area contributed by atoms with Crippen molar-refractivity contribution in [3.8, 4) is 0 Å². The van der Waals surface area contributed by atoms with Gasteiger partial charge in [0.2, 0.25) is 5.91 Å². The van der Waals surface area contributed by atoms with E-state index in [4.69, 9.17) is 10.8 Å². The average Bonchev–Trinajstić information content (AvgIpc) is 2.40. The molecular formula is C14H18F2N2O3. The van der Waals surface area contributed by atoms with E-state index in [1.165, 1.54) is 0 Å².